The van der Waals surface area contributed by atoms with Crippen LogP contribution in [0.2, 0.25) is 0 Å². The molecule has 0 bridgehead atoms. The number of carbonyl (C=O) groups excluding carboxylic acids is 4. The molecule has 1 aliphatic carbocycles. The third kappa shape index (κ3) is 33.1. The van der Waals surface area contributed by atoms with E-state index >= 15 is 0 Å². The summed E-state index contributed by atoms with van der Waals surface area (Å²) < 4.78 is 53.3. The number of nitrogens with zero attached hydrogens (tertiary/aromatic N) is 8. The molecule has 150 heavy (non-hydrogen) atoms. The Kier molecular flexibility index (Phi) is 44.1. The van der Waals surface area contributed by atoms with Crippen molar-refractivity contribution < 1.29 is 113 Å². The van der Waals surface area contributed by atoms with Crippen LogP contribution in [0.5, 0.6) is 0 Å². The number of aliphatic hydroxyl groups is 9. The van der Waals surface area contributed by atoms with Crippen LogP contribution in [-0.2, 0) is 104 Å². The Labute approximate surface area is 877 Å². The fraction of sp³-hybridized carbons (Fsp3) is 0.584. The molecule has 13 N–H and O–H groups in total. The van der Waals surface area contributed by atoms with Crippen LogP contribution < -0.4 is 60.6 Å². The summed E-state index contributed by atoms with van der Waals surface area (Å²) in [5.74, 6) is -4.06. The van der Waals surface area contributed by atoms with E-state index in [1.54, 1.807) is 17.8 Å². The number of aryl methyl sites for hydroxylation is 2. The molecule has 5 aromatic heterocycles. The molecular weight excluding hydrogens is 2110 g/mol. The fourth-order valence-electron chi connectivity index (χ4n) is 17.9. The van der Waals surface area contributed by atoms with Gasteiger partial charge in [-0.05, 0) is 153 Å². The van der Waals surface area contributed by atoms with Crippen molar-refractivity contribution in [2.75, 3.05) is 118 Å². The number of hydrogen-bond acceptors (Lipinski definition) is 33. The summed E-state index contributed by atoms with van der Waals surface area (Å²) in [6.07, 6.45) is 13.8. The van der Waals surface area contributed by atoms with Crippen molar-refractivity contribution in [1.82, 2.24) is 52.2 Å². The van der Waals surface area contributed by atoms with Crippen LogP contribution in [0.15, 0.2) is 123 Å². The number of aromatic amines is 2. The Morgan fingerprint density at radius 3 is 1.19 bits per heavy atom. The summed E-state index contributed by atoms with van der Waals surface area (Å²) in [6.45, 7) is 20.0. The van der Waals surface area contributed by atoms with Gasteiger partial charge in [0.15, 0.2) is 12.5 Å². The third-order valence-corrected chi connectivity index (χ3v) is 34.4. The summed E-state index contributed by atoms with van der Waals surface area (Å²) >= 11 is 2.72. The van der Waals surface area contributed by atoms with Gasteiger partial charge in [0.1, 0.15) is 79.2 Å². The zero-order valence-electron chi connectivity index (χ0n) is 88.2. The first-order valence-electron chi connectivity index (χ1n) is 49.1. The van der Waals surface area contributed by atoms with Gasteiger partial charge in [0, 0.05) is 89.0 Å². The Hall–Kier alpha value is -8.83. The molecule has 2 unspecified atom stereocenters. The summed E-state index contributed by atoms with van der Waals surface area (Å²) in [5, 5.41) is 106. The molecule has 49 heteroatoms. The predicted molar refractivity (Wildman–Crippen MR) is 585 cm³/mol. The quantitative estimate of drug-likeness (QED) is 0.0112. The van der Waals surface area contributed by atoms with Crippen LogP contribution in [-0.4, -0.2) is 385 Å². The van der Waals surface area contributed by atoms with Gasteiger partial charge in [0.25, 0.3) is 22.2 Å². The number of carbonyl (C=O) groups is 5. The summed E-state index contributed by atoms with van der Waals surface area (Å²) in [7, 11) is 6.09. The van der Waals surface area contributed by atoms with Gasteiger partial charge in [-0.25, -0.2) is 24.0 Å². The zero-order chi connectivity index (χ0) is 112. The molecule has 43 nitrogen and oxygen atoms in total. The first-order chi connectivity index (χ1) is 69.8. The van der Waals surface area contributed by atoms with Crippen LogP contribution in [0, 0.1) is 11.8 Å². The summed E-state index contributed by atoms with van der Waals surface area (Å²) in [5.41, 5.74) is -0.561. The molecule has 2 aromatic carbocycles. The monoisotopic (exact) mass is 2260 g/mol. The molecule has 22 atom stereocenters. The van der Waals surface area contributed by atoms with Crippen molar-refractivity contribution in [1.29, 1.82) is 0 Å². The second kappa shape index (κ2) is 53.1. The molecule has 7 aromatic rings. The number of aliphatic hydroxyl groups excluding tert-OH is 9. The molecule has 5 fully saturated rings. The first kappa shape index (κ1) is 125. The van der Waals surface area contributed by atoms with Gasteiger partial charge >= 0.3 is 191 Å². The van der Waals surface area contributed by atoms with Gasteiger partial charge in [-0.1, -0.05) is 62.4 Å². The van der Waals surface area contributed by atoms with Crippen LogP contribution >= 0.6 is 34.4 Å². The number of nitrogens with one attached hydrogen (secondary N) is 3. The van der Waals surface area contributed by atoms with Gasteiger partial charge in [0.2, 0.25) is 0 Å². The van der Waals surface area contributed by atoms with E-state index in [0.717, 1.165) is 66.8 Å². The predicted octanol–water partition coefficient (Wildman–Crippen LogP) is 1.15. The van der Waals surface area contributed by atoms with Gasteiger partial charge in [-0.3, -0.25) is 66.6 Å². The van der Waals surface area contributed by atoms with E-state index in [4.69, 9.17) is 43.0 Å². The molecule has 6 aliphatic rings. The van der Waals surface area contributed by atoms with E-state index in [1.807, 2.05) is 48.5 Å². The number of H-pyrrole nitrogens is 2. The molecule has 5 aliphatic heterocycles. The molecule has 10 heterocycles. The topological polar surface area (TPSA) is 606 Å². The first-order valence-corrected chi connectivity index (χ1v) is 65.2. The number of fused-ring (bicyclic) bond motifs is 3. The number of Topliss-reactive ketones (excluding diaryl/α,β-unsaturated/α-hetero) is 2. The Morgan fingerprint density at radius 1 is 0.473 bits per heavy atom. The van der Waals surface area contributed by atoms with Crippen molar-refractivity contribution in [3.63, 3.8) is 0 Å². The number of ether oxygens (including phenoxy) is 8. The number of benzene rings is 2. The molecule has 0 saturated carbocycles. The van der Waals surface area contributed by atoms with E-state index in [9.17, 15) is 113 Å². The molecule has 5 saturated heterocycles. The number of methoxy groups -OCH3 is 1. The van der Waals surface area contributed by atoms with Crippen LogP contribution in [0.3, 0.4) is 0 Å². The van der Waals surface area contributed by atoms with Gasteiger partial charge in [-0.15, -0.1) is 52.7 Å². The Balaban J connectivity index is 0.000000214. The average molecular weight is 2260 g/mol. The number of hydrogen-bond donors (Lipinski definition) is 13. The van der Waals surface area contributed by atoms with Gasteiger partial charge < -0.3 is 83.1 Å². The summed E-state index contributed by atoms with van der Waals surface area (Å²) in [4.78, 5) is 179. The van der Waals surface area contributed by atoms with E-state index in [-0.39, 0.29) is 90.7 Å². The number of aromatic nitrogens is 10. The number of aliphatic carboxylic acids is 1. The average Bonchev–Trinajstić information content (AvgIpc) is 1.60. The van der Waals surface area contributed by atoms with E-state index in [2.05, 4.69) is 134 Å². The van der Waals surface area contributed by atoms with E-state index in [0.29, 0.717) is 48.9 Å². The van der Waals surface area contributed by atoms with Crippen LogP contribution in [0.1, 0.15) is 148 Å². The molecule has 1 radical (unpaired) electrons. The number of esters is 1. The number of carboxylic acid groups (broad SMARTS) is 1. The number of rotatable bonds is 37. The molecule has 831 valence electrons. The fourth-order valence-corrected chi connectivity index (χ4v) is 23.2. The van der Waals surface area contributed by atoms with Crippen molar-refractivity contribution in [3.8, 4) is 11.1 Å². The molecular formula is C101H149N11O32P5Se. The van der Waals surface area contributed by atoms with Crippen LogP contribution in [0.25, 0.3) is 11.1 Å². The standard InChI is InChI=1S/C34H41N2O9P.C19H31N2O7P.C17H27N2O6P.C16H25N2O6P.C15H25N3O4PSe/c1-20(32(40)45-34(42)43-19-26-23-12-8-6-10-21(23)22-11-7-9-13-24(22)26)14-16-36-31(39)25(18-35(2)33(36)41)30-29(38)28(37)27(44-30)15-17-46(3,4)5;1-11(18(25)26)6-8-21-17(24)12(10-20(2)19(21)27)16-15(23)14(22)13(28-16)7-9-29(3,4)5;1-10(20)8-11-9-19(17(23)18-15(11)22)16-14(24-2)13(21)12(25-16)6-7-26(3,4)5;1-9(19)7-10-8-18(16(23)17-14(10)22)15-13(21)12(20)11(24-15)5-6-25(2,3)4;1-16-7-9-8-18(15(24)17-13(9)21)14-12(20)11(19)10(22-14)5-6-23(2,3)4/h6-13,18,20,26-30,37-38H,3,14-17,19H2,1-2,4-5H3;10-11,13-16,22-23H,3,6-9H2,1-2,4-5H3,(H,25,26);9,12-14,16,21H,3,6-8H2,1-2,4-5H3,(H,18,22,23);8,11-13,15,20-21H,2,5-7H2,1,3-4H3,(H,17,22,23);8,10-12,14,16,19-20H,2,5-7H2,1,3-4H3/t20?,27-,28-,29-,30+;11?,13-,14-,15-,16+;12-,13-,14-,16-;11-,12-,13-,15-;10-,11-,12-,14-/m11111/s1. The Bertz CT molecular complexity index is 6790. The number of ketones is 2. The zero-order valence-corrected chi connectivity index (χ0v) is 94.4. The minimum absolute atomic E-state index is 0.00790. The maximum atomic E-state index is 13.4. The molecule has 13 rings (SSSR count). The number of carboxylic acids is 1. The van der Waals surface area contributed by atoms with Crippen molar-refractivity contribution >= 4 is 116 Å². The van der Waals surface area contributed by atoms with Crippen molar-refractivity contribution in [2.24, 2.45) is 25.9 Å². The minimum atomic E-state index is -1.41. The normalized spacial score (nSPS) is 25.0. The van der Waals surface area contributed by atoms with Gasteiger partial charge in [0.05, 0.1) is 47.4 Å². The Morgan fingerprint density at radius 2 is 0.820 bits per heavy atom. The second-order valence-electron chi connectivity index (χ2n) is 42.7. The maximum absolute atomic E-state index is 13.4. The SMILES string of the molecule is C=P(C)(C)CC[C@H]1O[C@@H](c2cn(C)c(=O)n(CCC(C)C(=O)O)c2=O)[C@H](O)[C@@H]1O.C=P(C)(C)CC[C@H]1O[C@@H](c2cn(C)c(=O)n(CCC(C)C(=O)OC(=O)OCC3c4ccccc4-c4ccccc43)c2=O)[C@H](O)[C@@H]1O.C=P(C)(C)CC[C@H]1O[C@@H](n2cc(CC(C)=O)c(=O)[nH]c2=O)[C@H](O)[C@@H]1O.C=P(C)(C)CC[C@H]1O[C@@H](n2cc(CC(C)=O)c(=O)[nH]c2=O)[C@H](OC)[C@@H]1O.C=P(C)(C)CC[C@H]1O[C@@H](n2cc(CNC)c(=O)nc2[Se])[C@H](O)[C@@H]1O. The van der Waals surface area contributed by atoms with E-state index in [1.165, 1.54) is 87.4 Å². The third-order valence-electron chi connectivity index (χ3n) is 26.5. The molecule has 0 amide bonds. The van der Waals surface area contributed by atoms with Crippen molar-refractivity contribution in [3.05, 3.63) is 212 Å². The summed E-state index contributed by atoms with van der Waals surface area (Å²) in [6, 6.07) is 15.7. The second-order valence-corrected chi connectivity index (χ2v) is 65.1. The van der Waals surface area contributed by atoms with Gasteiger partial charge in [-0.2, -0.15) is 0 Å². The van der Waals surface area contributed by atoms with Crippen molar-refractivity contribution in [2.45, 2.75) is 233 Å². The van der Waals surface area contributed by atoms with E-state index < -0.39 is 232 Å². The molecule has 0 spiro atoms. The van der Waals surface area contributed by atoms with Crippen LogP contribution in [0.4, 0.5) is 4.79 Å².